The fraction of sp³-hybridized carbons (Fsp3) is 0.148. The molecule has 0 aliphatic carbocycles. The van der Waals surface area contributed by atoms with Crippen LogP contribution in [0.2, 0.25) is 0 Å². The number of Topliss-reactive ketones (excluding diaryl/α,β-unsaturated/α-hetero) is 1. The van der Waals surface area contributed by atoms with Gasteiger partial charge in [-0.25, -0.2) is 9.78 Å². The number of aromatic nitrogens is 1. The lowest BCUT2D eigenvalue weighted by molar-refractivity contribution is -0.385. The van der Waals surface area contributed by atoms with Crippen molar-refractivity contribution in [3.05, 3.63) is 105 Å². The summed E-state index contributed by atoms with van der Waals surface area (Å²) in [4.78, 5) is 41.0. The normalized spacial score (nSPS) is 10.8. The number of nitrogens with zero attached hydrogens (tertiary/aromatic N) is 2. The van der Waals surface area contributed by atoms with Crippen molar-refractivity contribution in [3.8, 4) is 11.3 Å². The second kappa shape index (κ2) is 9.23. The summed E-state index contributed by atoms with van der Waals surface area (Å²) >= 11 is 0. The van der Waals surface area contributed by atoms with E-state index < -0.39 is 23.3 Å². The number of esters is 1. The van der Waals surface area contributed by atoms with Gasteiger partial charge in [0.05, 0.1) is 21.7 Å². The first kappa shape index (κ1) is 22.8. The molecule has 7 nitrogen and oxygen atoms in total. The number of nitro benzene ring substituents is 1. The van der Waals surface area contributed by atoms with E-state index in [1.54, 1.807) is 13.0 Å². The number of ketones is 1. The number of carbonyl (C=O) groups excluding carboxylic acids is 2. The topological polar surface area (TPSA) is 99.4 Å². The van der Waals surface area contributed by atoms with Crippen LogP contribution in [-0.4, -0.2) is 28.3 Å². The summed E-state index contributed by atoms with van der Waals surface area (Å²) in [5.41, 5.74) is 4.86. The summed E-state index contributed by atoms with van der Waals surface area (Å²) in [7, 11) is 0. The zero-order valence-corrected chi connectivity index (χ0v) is 19.0. The Morgan fingerprint density at radius 3 is 2.32 bits per heavy atom. The molecule has 0 radical (unpaired) electrons. The molecular weight excluding hydrogens is 432 g/mol. The summed E-state index contributed by atoms with van der Waals surface area (Å²) in [5, 5.41) is 11.8. The predicted molar refractivity (Wildman–Crippen MR) is 129 cm³/mol. The Hall–Kier alpha value is -4.39. The van der Waals surface area contributed by atoms with Crippen LogP contribution in [0.1, 0.15) is 37.4 Å². The Kier molecular flexibility index (Phi) is 6.19. The lowest BCUT2D eigenvalue weighted by Gasteiger charge is -2.11. The summed E-state index contributed by atoms with van der Waals surface area (Å²) in [6.07, 6.45) is 0. The maximum atomic E-state index is 13.1. The summed E-state index contributed by atoms with van der Waals surface area (Å²) in [5.74, 6) is -1.19. The van der Waals surface area contributed by atoms with Crippen LogP contribution in [0.15, 0.2) is 66.7 Å². The number of hydrogen-bond donors (Lipinski definition) is 0. The lowest BCUT2D eigenvalue weighted by atomic mass is 10.0. The zero-order chi connectivity index (χ0) is 24.4. The van der Waals surface area contributed by atoms with Crippen molar-refractivity contribution in [1.29, 1.82) is 0 Å². The second-order valence-corrected chi connectivity index (χ2v) is 8.20. The van der Waals surface area contributed by atoms with Crippen LogP contribution >= 0.6 is 0 Å². The molecule has 4 aromatic rings. The van der Waals surface area contributed by atoms with Crippen molar-refractivity contribution >= 4 is 28.3 Å². The van der Waals surface area contributed by atoms with Gasteiger partial charge in [0.1, 0.15) is 0 Å². The first-order valence-corrected chi connectivity index (χ1v) is 10.7. The molecule has 0 spiro atoms. The van der Waals surface area contributed by atoms with Gasteiger partial charge in [-0.1, -0.05) is 53.6 Å². The summed E-state index contributed by atoms with van der Waals surface area (Å²) < 4.78 is 5.35. The number of pyridine rings is 1. The van der Waals surface area contributed by atoms with Gasteiger partial charge in [-0.3, -0.25) is 14.9 Å². The van der Waals surface area contributed by atoms with Crippen LogP contribution < -0.4 is 0 Å². The fourth-order valence-electron chi connectivity index (χ4n) is 3.65. The molecule has 1 aromatic heterocycles. The van der Waals surface area contributed by atoms with E-state index in [-0.39, 0.29) is 11.3 Å². The molecule has 0 bridgehead atoms. The number of benzene rings is 3. The molecule has 0 amide bonds. The van der Waals surface area contributed by atoms with Gasteiger partial charge in [0.25, 0.3) is 5.69 Å². The molecule has 0 unspecified atom stereocenters. The monoisotopic (exact) mass is 454 g/mol. The van der Waals surface area contributed by atoms with Crippen molar-refractivity contribution in [3.63, 3.8) is 0 Å². The largest absolute Gasteiger partial charge is 0.454 e. The van der Waals surface area contributed by atoms with Gasteiger partial charge in [-0.2, -0.15) is 0 Å². The van der Waals surface area contributed by atoms with E-state index in [9.17, 15) is 19.7 Å². The predicted octanol–water partition coefficient (Wildman–Crippen LogP) is 5.77. The average molecular weight is 454 g/mol. The van der Waals surface area contributed by atoms with Crippen molar-refractivity contribution in [2.75, 3.05) is 6.61 Å². The van der Waals surface area contributed by atoms with Crippen molar-refractivity contribution < 1.29 is 19.2 Å². The molecule has 0 saturated carbocycles. The Morgan fingerprint density at radius 1 is 0.912 bits per heavy atom. The molecule has 170 valence electrons. The van der Waals surface area contributed by atoms with Crippen LogP contribution in [-0.2, 0) is 4.74 Å². The molecule has 3 aromatic carbocycles. The molecule has 34 heavy (non-hydrogen) atoms. The van der Waals surface area contributed by atoms with Gasteiger partial charge in [0, 0.05) is 28.1 Å². The Balaban J connectivity index is 1.64. The van der Waals surface area contributed by atoms with Gasteiger partial charge in [-0.05, 0) is 39.0 Å². The van der Waals surface area contributed by atoms with Gasteiger partial charge < -0.3 is 4.74 Å². The number of nitro groups is 1. The molecule has 7 heteroatoms. The molecule has 4 rings (SSSR count). The molecule has 0 fully saturated rings. The number of ether oxygens (including phenoxy) is 1. The quantitative estimate of drug-likeness (QED) is 0.159. The second-order valence-electron chi connectivity index (χ2n) is 8.20. The van der Waals surface area contributed by atoms with Crippen LogP contribution in [0.4, 0.5) is 5.69 Å². The Labute approximate surface area is 196 Å². The van der Waals surface area contributed by atoms with Crippen LogP contribution in [0.5, 0.6) is 0 Å². The van der Waals surface area contributed by atoms with E-state index in [0.29, 0.717) is 27.7 Å². The highest BCUT2D eigenvalue weighted by Crippen LogP contribution is 2.27. The maximum Gasteiger partial charge on any atom is 0.339 e. The minimum atomic E-state index is -0.665. The third-order valence-electron chi connectivity index (χ3n) is 5.59. The lowest BCUT2D eigenvalue weighted by Crippen LogP contribution is -2.15. The van der Waals surface area contributed by atoms with E-state index in [0.717, 1.165) is 16.7 Å². The SMILES string of the molecule is Cc1ccc(-c2cc(C(=O)OCC(=O)c3ccc(C)c([N+](=O)[O-])c3)c3cc(C)ccc3n2)cc1. The number of carbonyl (C=O) groups is 2. The van der Waals surface area contributed by atoms with E-state index in [1.165, 1.54) is 18.2 Å². The van der Waals surface area contributed by atoms with Gasteiger partial charge in [-0.15, -0.1) is 0 Å². The summed E-state index contributed by atoms with van der Waals surface area (Å²) in [6.45, 7) is 4.96. The molecule has 0 atom stereocenters. The number of hydrogen-bond acceptors (Lipinski definition) is 6. The maximum absolute atomic E-state index is 13.1. The highest BCUT2D eigenvalue weighted by atomic mass is 16.6. The van der Waals surface area contributed by atoms with E-state index in [1.807, 2.05) is 56.3 Å². The van der Waals surface area contributed by atoms with E-state index in [4.69, 9.17) is 9.72 Å². The molecule has 0 aliphatic heterocycles. The fourth-order valence-corrected chi connectivity index (χ4v) is 3.65. The van der Waals surface area contributed by atoms with Gasteiger partial charge in [0.15, 0.2) is 6.61 Å². The van der Waals surface area contributed by atoms with Crippen molar-refractivity contribution in [2.45, 2.75) is 20.8 Å². The molecule has 0 N–H and O–H groups in total. The van der Waals surface area contributed by atoms with Crippen LogP contribution in [0, 0.1) is 30.9 Å². The third kappa shape index (κ3) is 4.68. The van der Waals surface area contributed by atoms with Gasteiger partial charge >= 0.3 is 5.97 Å². The van der Waals surface area contributed by atoms with Crippen LogP contribution in [0.25, 0.3) is 22.2 Å². The number of fused-ring (bicyclic) bond motifs is 1. The molecular formula is C27H22N2O5. The van der Waals surface area contributed by atoms with E-state index in [2.05, 4.69) is 0 Å². The molecule has 1 heterocycles. The third-order valence-corrected chi connectivity index (χ3v) is 5.59. The van der Waals surface area contributed by atoms with Gasteiger partial charge in [0.2, 0.25) is 5.78 Å². The minimum absolute atomic E-state index is 0.112. The minimum Gasteiger partial charge on any atom is -0.454 e. The van der Waals surface area contributed by atoms with E-state index >= 15 is 0 Å². The smallest absolute Gasteiger partial charge is 0.339 e. The molecule has 0 saturated heterocycles. The highest BCUT2D eigenvalue weighted by molar-refractivity contribution is 6.06. The standard InChI is InChI=1S/C27H22N2O5/c1-16-4-8-19(9-5-16)24-14-22(21-12-17(2)6-11-23(21)28-24)27(31)34-15-26(30)20-10-7-18(3)25(13-20)29(32)33/h4-14H,15H2,1-3H3. The molecule has 0 aliphatic rings. The first-order valence-electron chi connectivity index (χ1n) is 10.7. The average Bonchev–Trinajstić information content (AvgIpc) is 2.82. The number of aryl methyl sites for hydroxylation is 3. The Morgan fingerprint density at radius 2 is 1.62 bits per heavy atom. The van der Waals surface area contributed by atoms with Crippen LogP contribution in [0.3, 0.4) is 0 Å². The first-order chi connectivity index (χ1) is 16.2. The zero-order valence-electron chi connectivity index (χ0n) is 19.0. The van der Waals surface area contributed by atoms with Crippen molar-refractivity contribution in [2.24, 2.45) is 0 Å². The number of rotatable bonds is 6. The summed E-state index contributed by atoms with van der Waals surface area (Å²) in [6, 6.07) is 19.3. The highest BCUT2D eigenvalue weighted by Gasteiger charge is 2.19. The Bertz CT molecular complexity index is 1440. The van der Waals surface area contributed by atoms with Crippen molar-refractivity contribution in [1.82, 2.24) is 4.98 Å².